The molecule has 0 spiro atoms. The van der Waals surface area contributed by atoms with E-state index in [2.05, 4.69) is 13.8 Å². The molecular weight excluding hydrogens is 270 g/mol. The Kier molecular flexibility index (Phi) is 18.1. The second-order valence-electron chi connectivity index (χ2n) is 6.74. The average Bonchev–Trinajstić information content (AvgIpc) is 2.54. The normalized spacial score (nSPS) is 10.8. The minimum absolute atomic E-state index is 0.919. The molecule has 0 aliphatic heterocycles. The molecule has 0 radical (unpaired) electrons. The number of carbonyl (C=O) groups excluding carboxylic acids is 1. The van der Waals surface area contributed by atoms with Gasteiger partial charge in [-0.15, -0.1) is 0 Å². The average molecular weight is 312 g/mol. The number of amides is 1. The SMILES string of the molecule is CCCCCCCCCCCCCCCCN(C=O)CCC. The first-order chi connectivity index (χ1) is 10.8. The maximum atomic E-state index is 10.8. The van der Waals surface area contributed by atoms with Crippen LogP contribution >= 0.6 is 0 Å². The standard InChI is InChI=1S/C20H41NO/c1-3-5-6-7-8-9-10-11-12-13-14-15-16-17-19-21(20-22)18-4-2/h20H,3-19H2,1-2H3. The number of rotatable bonds is 18. The van der Waals surface area contributed by atoms with E-state index in [1.165, 1.54) is 89.9 Å². The van der Waals surface area contributed by atoms with E-state index in [4.69, 9.17) is 0 Å². The Bertz CT molecular complexity index is 218. The second-order valence-corrected chi connectivity index (χ2v) is 6.74. The van der Waals surface area contributed by atoms with Gasteiger partial charge in [0, 0.05) is 13.1 Å². The van der Waals surface area contributed by atoms with Gasteiger partial charge in [-0.3, -0.25) is 4.79 Å². The van der Waals surface area contributed by atoms with Crippen LogP contribution in [0.2, 0.25) is 0 Å². The molecule has 2 nitrogen and oxygen atoms in total. The van der Waals surface area contributed by atoms with Crippen molar-refractivity contribution in [1.29, 1.82) is 0 Å². The van der Waals surface area contributed by atoms with Gasteiger partial charge in [-0.2, -0.15) is 0 Å². The largest absolute Gasteiger partial charge is 0.345 e. The van der Waals surface area contributed by atoms with Crippen molar-refractivity contribution in [2.75, 3.05) is 13.1 Å². The number of hydrogen-bond donors (Lipinski definition) is 0. The lowest BCUT2D eigenvalue weighted by Gasteiger charge is -2.15. The van der Waals surface area contributed by atoms with Crippen LogP contribution in [0.1, 0.15) is 110 Å². The number of nitrogens with zero attached hydrogens (tertiary/aromatic N) is 1. The summed E-state index contributed by atoms with van der Waals surface area (Å²) in [6, 6.07) is 0. The third kappa shape index (κ3) is 15.9. The van der Waals surface area contributed by atoms with E-state index in [1.807, 2.05) is 4.90 Å². The molecule has 0 aromatic rings. The molecule has 0 heterocycles. The molecule has 0 aliphatic carbocycles. The maximum Gasteiger partial charge on any atom is 0.209 e. The highest BCUT2D eigenvalue weighted by Crippen LogP contribution is 2.13. The molecule has 132 valence electrons. The van der Waals surface area contributed by atoms with Gasteiger partial charge in [0.15, 0.2) is 0 Å². The first-order valence-corrected chi connectivity index (χ1v) is 10.0. The van der Waals surface area contributed by atoms with Crippen LogP contribution in [-0.4, -0.2) is 24.4 Å². The van der Waals surface area contributed by atoms with Crippen molar-refractivity contribution in [3.05, 3.63) is 0 Å². The van der Waals surface area contributed by atoms with Crippen LogP contribution in [0.4, 0.5) is 0 Å². The van der Waals surface area contributed by atoms with E-state index in [0.717, 1.165) is 25.9 Å². The smallest absolute Gasteiger partial charge is 0.209 e. The van der Waals surface area contributed by atoms with Gasteiger partial charge < -0.3 is 4.90 Å². The van der Waals surface area contributed by atoms with Gasteiger partial charge in [0.05, 0.1) is 0 Å². The van der Waals surface area contributed by atoms with Crippen LogP contribution in [0.3, 0.4) is 0 Å². The lowest BCUT2D eigenvalue weighted by Crippen LogP contribution is -2.23. The van der Waals surface area contributed by atoms with Crippen molar-refractivity contribution in [3.63, 3.8) is 0 Å². The minimum atomic E-state index is 0.919. The first-order valence-electron chi connectivity index (χ1n) is 10.0. The van der Waals surface area contributed by atoms with Crippen LogP contribution < -0.4 is 0 Å². The minimum Gasteiger partial charge on any atom is -0.345 e. The summed E-state index contributed by atoms with van der Waals surface area (Å²) in [6.45, 7) is 6.28. The van der Waals surface area contributed by atoms with Crippen molar-refractivity contribution in [3.8, 4) is 0 Å². The Balaban J connectivity index is 3.09. The molecule has 0 fully saturated rings. The zero-order chi connectivity index (χ0) is 16.3. The monoisotopic (exact) mass is 311 g/mol. The fourth-order valence-electron chi connectivity index (χ4n) is 3.01. The highest BCUT2D eigenvalue weighted by molar-refractivity contribution is 5.46. The van der Waals surface area contributed by atoms with Gasteiger partial charge in [0.2, 0.25) is 6.41 Å². The fraction of sp³-hybridized carbons (Fsp3) is 0.950. The maximum absolute atomic E-state index is 10.8. The quantitative estimate of drug-likeness (QED) is 0.214. The van der Waals surface area contributed by atoms with E-state index >= 15 is 0 Å². The Morgan fingerprint density at radius 1 is 0.545 bits per heavy atom. The van der Waals surface area contributed by atoms with Gasteiger partial charge in [-0.25, -0.2) is 0 Å². The zero-order valence-corrected chi connectivity index (χ0v) is 15.5. The second kappa shape index (κ2) is 18.5. The first kappa shape index (κ1) is 21.5. The molecule has 22 heavy (non-hydrogen) atoms. The summed E-state index contributed by atoms with van der Waals surface area (Å²) < 4.78 is 0. The van der Waals surface area contributed by atoms with E-state index in [9.17, 15) is 4.79 Å². The van der Waals surface area contributed by atoms with Gasteiger partial charge in [0.1, 0.15) is 0 Å². The summed E-state index contributed by atoms with van der Waals surface area (Å²) in [7, 11) is 0. The molecule has 0 N–H and O–H groups in total. The molecule has 0 aliphatic rings. The summed E-state index contributed by atoms with van der Waals surface area (Å²) in [6.07, 6.45) is 21.5. The van der Waals surface area contributed by atoms with Gasteiger partial charge in [-0.05, 0) is 12.8 Å². The van der Waals surface area contributed by atoms with Gasteiger partial charge >= 0.3 is 0 Å². The molecule has 0 rings (SSSR count). The number of unbranched alkanes of at least 4 members (excludes halogenated alkanes) is 13. The number of hydrogen-bond acceptors (Lipinski definition) is 1. The van der Waals surface area contributed by atoms with Crippen LogP contribution in [0.5, 0.6) is 0 Å². The van der Waals surface area contributed by atoms with Crippen molar-refractivity contribution in [1.82, 2.24) is 4.90 Å². The molecule has 0 saturated heterocycles. The summed E-state index contributed by atoms with van der Waals surface area (Å²) in [4.78, 5) is 12.7. The van der Waals surface area contributed by atoms with E-state index < -0.39 is 0 Å². The highest BCUT2D eigenvalue weighted by atomic mass is 16.1. The topological polar surface area (TPSA) is 20.3 Å². The van der Waals surface area contributed by atoms with Gasteiger partial charge in [-0.1, -0.05) is 97.3 Å². The Morgan fingerprint density at radius 3 is 1.32 bits per heavy atom. The van der Waals surface area contributed by atoms with Crippen molar-refractivity contribution in [2.24, 2.45) is 0 Å². The van der Waals surface area contributed by atoms with Crippen molar-refractivity contribution in [2.45, 2.75) is 110 Å². The number of carbonyl (C=O) groups is 1. The van der Waals surface area contributed by atoms with E-state index in [-0.39, 0.29) is 0 Å². The summed E-state index contributed by atoms with van der Waals surface area (Å²) in [5, 5.41) is 0. The predicted molar refractivity (Wildman–Crippen MR) is 98.2 cm³/mol. The fourth-order valence-corrected chi connectivity index (χ4v) is 3.01. The molecule has 0 atom stereocenters. The van der Waals surface area contributed by atoms with Crippen LogP contribution in [0.15, 0.2) is 0 Å². The molecule has 0 unspecified atom stereocenters. The summed E-state index contributed by atoms with van der Waals surface area (Å²) in [5.41, 5.74) is 0. The van der Waals surface area contributed by atoms with E-state index in [1.54, 1.807) is 0 Å². The Morgan fingerprint density at radius 2 is 0.955 bits per heavy atom. The molecule has 1 amide bonds. The third-order valence-corrected chi connectivity index (χ3v) is 4.46. The van der Waals surface area contributed by atoms with Crippen molar-refractivity contribution < 1.29 is 4.79 Å². The molecule has 0 bridgehead atoms. The molecule has 0 aromatic carbocycles. The van der Waals surface area contributed by atoms with Crippen molar-refractivity contribution >= 4 is 6.41 Å². The summed E-state index contributed by atoms with van der Waals surface area (Å²) in [5.74, 6) is 0. The lowest BCUT2D eigenvalue weighted by atomic mass is 10.0. The lowest BCUT2D eigenvalue weighted by molar-refractivity contribution is -0.118. The zero-order valence-electron chi connectivity index (χ0n) is 15.5. The predicted octanol–water partition coefficient (Wildman–Crippen LogP) is 6.34. The van der Waals surface area contributed by atoms with E-state index in [0.29, 0.717) is 0 Å². The third-order valence-electron chi connectivity index (χ3n) is 4.46. The van der Waals surface area contributed by atoms with Crippen LogP contribution in [-0.2, 0) is 4.79 Å². The Labute approximate surface area is 140 Å². The molecule has 2 heteroatoms. The highest BCUT2D eigenvalue weighted by Gasteiger charge is 1.99. The Hall–Kier alpha value is -0.530. The van der Waals surface area contributed by atoms with Crippen LogP contribution in [0, 0.1) is 0 Å². The van der Waals surface area contributed by atoms with Gasteiger partial charge in [0.25, 0.3) is 0 Å². The van der Waals surface area contributed by atoms with Crippen LogP contribution in [0.25, 0.3) is 0 Å². The summed E-state index contributed by atoms with van der Waals surface area (Å²) >= 11 is 0. The molecular formula is C20H41NO. The molecule has 0 aromatic heterocycles. The molecule has 0 saturated carbocycles.